The number of rotatable bonds is 7. The fourth-order valence-corrected chi connectivity index (χ4v) is 3.06. The molecular formula is C21H30N2O3. The molecule has 2 atom stereocenters. The molecule has 1 fully saturated rings. The molecule has 1 heterocycles. The number of nitrogens with one attached hydrogen (secondary N) is 1. The Kier molecular flexibility index (Phi) is 7.39. The average molecular weight is 358 g/mol. The molecule has 0 radical (unpaired) electrons. The van der Waals surface area contributed by atoms with Crippen LogP contribution in [0.25, 0.3) is 0 Å². The predicted molar refractivity (Wildman–Crippen MR) is 103 cm³/mol. The smallest absolute Gasteiger partial charge is 0.243 e. The van der Waals surface area contributed by atoms with Crippen LogP contribution in [-0.4, -0.2) is 48.6 Å². The Hall–Kier alpha value is -2.14. The van der Waals surface area contributed by atoms with Crippen molar-refractivity contribution >= 4 is 11.8 Å². The first kappa shape index (κ1) is 20.2. The van der Waals surface area contributed by atoms with Crippen LogP contribution in [0.2, 0.25) is 0 Å². The number of benzene rings is 1. The summed E-state index contributed by atoms with van der Waals surface area (Å²) in [5.41, 5.74) is 2.49. The second-order valence-electron chi connectivity index (χ2n) is 7.15. The van der Waals surface area contributed by atoms with E-state index in [2.05, 4.69) is 50.0 Å². The molecule has 2 rings (SSSR count). The second-order valence-corrected chi connectivity index (χ2v) is 7.15. The van der Waals surface area contributed by atoms with Crippen molar-refractivity contribution in [3.63, 3.8) is 0 Å². The highest BCUT2D eigenvalue weighted by Gasteiger charge is 2.28. The van der Waals surface area contributed by atoms with E-state index in [0.29, 0.717) is 32.0 Å². The largest absolute Gasteiger partial charge is 0.372 e. The number of carbonyl (C=O) groups is 2. The van der Waals surface area contributed by atoms with E-state index in [1.54, 1.807) is 0 Å². The van der Waals surface area contributed by atoms with E-state index >= 15 is 0 Å². The van der Waals surface area contributed by atoms with Gasteiger partial charge in [-0.1, -0.05) is 44.7 Å². The zero-order valence-corrected chi connectivity index (χ0v) is 16.0. The van der Waals surface area contributed by atoms with Crippen molar-refractivity contribution < 1.29 is 14.3 Å². The van der Waals surface area contributed by atoms with Gasteiger partial charge in [0.15, 0.2) is 0 Å². The molecule has 0 aromatic heterocycles. The van der Waals surface area contributed by atoms with Gasteiger partial charge in [-0.2, -0.15) is 0 Å². The van der Waals surface area contributed by atoms with Crippen molar-refractivity contribution in [1.29, 1.82) is 0 Å². The van der Waals surface area contributed by atoms with Gasteiger partial charge >= 0.3 is 0 Å². The molecule has 1 N–H and O–H groups in total. The van der Waals surface area contributed by atoms with Gasteiger partial charge in [-0.05, 0) is 36.5 Å². The lowest BCUT2D eigenvalue weighted by atomic mass is 10.00. The molecule has 5 heteroatoms. The molecule has 0 bridgehead atoms. The molecule has 1 aromatic rings. The molecule has 1 aliphatic heterocycles. The summed E-state index contributed by atoms with van der Waals surface area (Å²) < 4.78 is 5.72. The lowest BCUT2D eigenvalue weighted by Gasteiger charge is -2.36. The van der Waals surface area contributed by atoms with E-state index in [1.165, 1.54) is 17.2 Å². The topological polar surface area (TPSA) is 58.6 Å². The minimum atomic E-state index is -0.227. The Bertz CT molecular complexity index is 625. The summed E-state index contributed by atoms with van der Waals surface area (Å²) in [6.45, 7) is 11.3. The van der Waals surface area contributed by atoms with Gasteiger partial charge in [0, 0.05) is 19.5 Å². The van der Waals surface area contributed by atoms with Gasteiger partial charge in [-0.25, -0.2) is 0 Å². The number of hydrogen-bond acceptors (Lipinski definition) is 3. The quantitative estimate of drug-likeness (QED) is 0.763. The minimum absolute atomic E-state index is 0.133. The van der Waals surface area contributed by atoms with Gasteiger partial charge in [-0.3, -0.25) is 9.59 Å². The number of hydrogen-bond donors (Lipinski definition) is 1. The molecule has 2 amide bonds. The molecule has 1 saturated heterocycles. The van der Waals surface area contributed by atoms with E-state index in [1.807, 2.05) is 11.8 Å². The standard InChI is InChI=1S/C21H30N2O3/c1-5-20(24)22-16(4)19-14-23(12-13-26-19)21(25)11-8-17-6-9-18(10-7-17)15(2)3/h5-7,9-10,15-16,19H,1,8,11-14H2,2-4H3,(H,22,24). The molecule has 0 saturated carbocycles. The van der Waals surface area contributed by atoms with Crippen molar-refractivity contribution in [3.8, 4) is 0 Å². The zero-order chi connectivity index (χ0) is 19.1. The monoisotopic (exact) mass is 358 g/mol. The fourth-order valence-electron chi connectivity index (χ4n) is 3.06. The molecular weight excluding hydrogens is 328 g/mol. The van der Waals surface area contributed by atoms with E-state index in [4.69, 9.17) is 4.74 Å². The first-order valence-electron chi connectivity index (χ1n) is 9.32. The highest BCUT2D eigenvalue weighted by molar-refractivity contribution is 5.87. The third-order valence-electron chi connectivity index (χ3n) is 4.83. The van der Waals surface area contributed by atoms with Crippen LogP contribution in [0.4, 0.5) is 0 Å². The average Bonchev–Trinajstić information content (AvgIpc) is 2.66. The Labute approximate surface area is 156 Å². The van der Waals surface area contributed by atoms with Gasteiger partial charge in [-0.15, -0.1) is 0 Å². The third-order valence-corrected chi connectivity index (χ3v) is 4.83. The van der Waals surface area contributed by atoms with Crippen molar-refractivity contribution in [2.45, 2.75) is 51.7 Å². The Morgan fingerprint density at radius 2 is 2.00 bits per heavy atom. The molecule has 5 nitrogen and oxygen atoms in total. The van der Waals surface area contributed by atoms with Crippen LogP contribution in [0.5, 0.6) is 0 Å². The number of nitrogens with zero attached hydrogens (tertiary/aromatic N) is 1. The molecule has 142 valence electrons. The van der Waals surface area contributed by atoms with E-state index in [9.17, 15) is 9.59 Å². The van der Waals surface area contributed by atoms with Crippen molar-refractivity contribution in [1.82, 2.24) is 10.2 Å². The summed E-state index contributed by atoms with van der Waals surface area (Å²) in [6, 6.07) is 8.33. The van der Waals surface area contributed by atoms with Gasteiger partial charge in [0.1, 0.15) is 0 Å². The molecule has 0 aliphatic carbocycles. The van der Waals surface area contributed by atoms with E-state index < -0.39 is 0 Å². The van der Waals surface area contributed by atoms with Crippen LogP contribution < -0.4 is 5.32 Å². The highest BCUT2D eigenvalue weighted by atomic mass is 16.5. The maximum atomic E-state index is 12.6. The maximum Gasteiger partial charge on any atom is 0.243 e. The van der Waals surface area contributed by atoms with Crippen LogP contribution >= 0.6 is 0 Å². The molecule has 2 unspecified atom stereocenters. The molecule has 1 aliphatic rings. The lowest BCUT2D eigenvalue weighted by Crippen LogP contribution is -2.53. The number of ether oxygens (including phenoxy) is 1. The lowest BCUT2D eigenvalue weighted by molar-refractivity contribution is -0.140. The molecule has 0 spiro atoms. The van der Waals surface area contributed by atoms with E-state index in [-0.39, 0.29) is 24.0 Å². The summed E-state index contributed by atoms with van der Waals surface area (Å²) in [7, 11) is 0. The second kappa shape index (κ2) is 9.53. The van der Waals surface area contributed by atoms with Crippen LogP contribution in [-0.2, 0) is 20.7 Å². The first-order chi connectivity index (χ1) is 12.4. The van der Waals surface area contributed by atoms with Gasteiger partial charge < -0.3 is 15.0 Å². The van der Waals surface area contributed by atoms with Crippen LogP contribution in [0.3, 0.4) is 0 Å². The van der Waals surface area contributed by atoms with Crippen LogP contribution in [0.1, 0.15) is 44.2 Å². The van der Waals surface area contributed by atoms with Crippen LogP contribution in [0, 0.1) is 0 Å². The number of aryl methyl sites for hydroxylation is 1. The van der Waals surface area contributed by atoms with Gasteiger partial charge in [0.05, 0.1) is 18.8 Å². The van der Waals surface area contributed by atoms with E-state index in [0.717, 1.165) is 6.42 Å². The van der Waals surface area contributed by atoms with Crippen molar-refractivity contribution in [2.75, 3.05) is 19.7 Å². The molecule has 26 heavy (non-hydrogen) atoms. The highest BCUT2D eigenvalue weighted by Crippen LogP contribution is 2.16. The van der Waals surface area contributed by atoms with Gasteiger partial charge in [0.2, 0.25) is 11.8 Å². The summed E-state index contributed by atoms with van der Waals surface area (Å²) in [4.78, 5) is 25.8. The Balaban J connectivity index is 1.84. The normalized spacial score (nSPS) is 18.5. The first-order valence-corrected chi connectivity index (χ1v) is 9.32. The zero-order valence-electron chi connectivity index (χ0n) is 16.0. The van der Waals surface area contributed by atoms with Crippen molar-refractivity contribution in [2.24, 2.45) is 0 Å². The summed E-state index contributed by atoms with van der Waals surface area (Å²) in [5, 5.41) is 2.81. The third kappa shape index (κ3) is 5.70. The van der Waals surface area contributed by atoms with Gasteiger partial charge in [0.25, 0.3) is 0 Å². The minimum Gasteiger partial charge on any atom is -0.372 e. The Morgan fingerprint density at radius 3 is 2.62 bits per heavy atom. The summed E-state index contributed by atoms with van der Waals surface area (Å²) in [6.07, 6.45) is 2.28. The fraction of sp³-hybridized carbons (Fsp3) is 0.524. The predicted octanol–water partition coefficient (Wildman–Crippen LogP) is 2.66. The maximum absolute atomic E-state index is 12.6. The Morgan fingerprint density at radius 1 is 1.31 bits per heavy atom. The SMILES string of the molecule is C=CC(=O)NC(C)C1CN(C(=O)CCc2ccc(C(C)C)cc2)CCO1. The number of morpholine rings is 1. The number of carbonyl (C=O) groups excluding carboxylic acids is 2. The summed E-state index contributed by atoms with van der Waals surface area (Å²) in [5.74, 6) is 0.419. The van der Waals surface area contributed by atoms with Crippen molar-refractivity contribution in [3.05, 3.63) is 48.0 Å². The summed E-state index contributed by atoms with van der Waals surface area (Å²) >= 11 is 0. The number of amides is 2. The molecule has 1 aromatic carbocycles. The van der Waals surface area contributed by atoms with Crippen LogP contribution in [0.15, 0.2) is 36.9 Å².